The summed E-state index contributed by atoms with van der Waals surface area (Å²) >= 11 is 0. The lowest BCUT2D eigenvalue weighted by Gasteiger charge is -2.05. The Morgan fingerprint density at radius 2 is 1.56 bits per heavy atom. The Labute approximate surface area is 145 Å². The molecule has 0 aliphatic rings. The molecule has 0 heterocycles. The zero-order valence-electron chi connectivity index (χ0n) is 13.3. The van der Waals surface area contributed by atoms with E-state index in [9.17, 15) is 9.18 Å². The third-order valence-corrected chi connectivity index (χ3v) is 3.81. The zero-order chi connectivity index (χ0) is 17.6. The van der Waals surface area contributed by atoms with Crippen LogP contribution in [0.1, 0.15) is 32.6 Å². The maximum Gasteiger partial charge on any atom is 0.193 e. The minimum absolute atomic E-state index is 0.153. The van der Waals surface area contributed by atoms with E-state index in [1.54, 1.807) is 24.3 Å². The summed E-state index contributed by atoms with van der Waals surface area (Å²) in [6.45, 7) is 0. The van der Waals surface area contributed by atoms with Crippen molar-refractivity contribution in [2.75, 3.05) is 0 Å². The summed E-state index contributed by atoms with van der Waals surface area (Å²) < 4.78 is 13.1. The predicted molar refractivity (Wildman–Crippen MR) is 96.4 cm³/mol. The second-order valence-corrected chi connectivity index (χ2v) is 5.49. The van der Waals surface area contributed by atoms with E-state index < -0.39 is 0 Å². The summed E-state index contributed by atoms with van der Waals surface area (Å²) in [6.07, 6.45) is 3.75. The van der Waals surface area contributed by atoms with E-state index in [0.717, 1.165) is 11.1 Å². The van der Waals surface area contributed by atoms with Crippen molar-refractivity contribution in [1.29, 1.82) is 5.26 Å². The second-order valence-electron chi connectivity index (χ2n) is 5.49. The number of hydrogen-bond donors (Lipinski definition) is 0. The SMILES string of the molecule is N#Cc1ccc(/C=C/c2ccccc2C(=O)c2ccc(F)cc2)cc1. The van der Waals surface area contributed by atoms with Gasteiger partial charge in [0.25, 0.3) is 0 Å². The maximum absolute atomic E-state index is 13.1. The van der Waals surface area contributed by atoms with Gasteiger partial charge >= 0.3 is 0 Å². The number of benzene rings is 3. The van der Waals surface area contributed by atoms with Crippen LogP contribution in [-0.4, -0.2) is 5.78 Å². The highest BCUT2D eigenvalue weighted by atomic mass is 19.1. The van der Waals surface area contributed by atoms with Crippen molar-refractivity contribution in [1.82, 2.24) is 0 Å². The highest BCUT2D eigenvalue weighted by Gasteiger charge is 2.11. The van der Waals surface area contributed by atoms with Gasteiger partial charge in [0.05, 0.1) is 11.6 Å². The van der Waals surface area contributed by atoms with Crippen LogP contribution in [0.15, 0.2) is 72.8 Å². The molecular weight excluding hydrogens is 313 g/mol. The Bertz CT molecular complexity index is 964. The van der Waals surface area contributed by atoms with Crippen molar-refractivity contribution in [3.05, 3.63) is 106 Å². The minimum atomic E-state index is -0.370. The molecule has 0 aliphatic heterocycles. The first-order valence-corrected chi connectivity index (χ1v) is 7.75. The van der Waals surface area contributed by atoms with Crippen LogP contribution in [0.4, 0.5) is 4.39 Å². The van der Waals surface area contributed by atoms with Crippen molar-refractivity contribution in [3.63, 3.8) is 0 Å². The molecule has 0 radical (unpaired) electrons. The molecule has 3 aromatic rings. The van der Waals surface area contributed by atoms with Gasteiger partial charge in [-0.1, -0.05) is 48.6 Å². The lowest BCUT2D eigenvalue weighted by molar-refractivity contribution is 0.103. The van der Waals surface area contributed by atoms with Gasteiger partial charge in [0.15, 0.2) is 5.78 Å². The van der Waals surface area contributed by atoms with Crippen molar-refractivity contribution in [2.45, 2.75) is 0 Å². The van der Waals surface area contributed by atoms with Crippen LogP contribution in [0, 0.1) is 17.1 Å². The average molecular weight is 327 g/mol. The van der Waals surface area contributed by atoms with Gasteiger partial charge in [0, 0.05) is 11.1 Å². The highest BCUT2D eigenvalue weighted by molar-refractivity contribution is 6.11. The van der Waals surface area contributed by atoms with E-state index in [0.29, 0.717) is 16.7 Å². The molecule has 120 valence electrons. The van der Waals surface area contributed by atoms with Crippen LogP contribution in [0.2, 0.25) is 0 Å². The molecular formula is C22H14FNO. The van der Waals surface area contributed by atoms with Gasteiger partial charge in [-0.3, -0.25) is 4.79 Å². The Hall–Kier alpha value is -3.51. The number of carbonyl (C=O) groups is 1. The van der Waals surface area contributed by atoms with Crippen LogP contribution >= 0.6 is 0 Å². The number of carbonyl (C=O) groups excluding carboxylic acids is 1. The molecule has 2 nitrogen and oxygen atoms in total. The molecule has 0 aromatic heterocycles. The van der Waals surface area contributed by atoms with E-state index in [1.165, 1.54) is 24.3 Å². The van der Waals surface area contributed by atoms with E-state index in [2.05, 4.69) is 6.07 Å². The summed E-state index contributed by atoms with van der Waals surface area (Å²) in [5, 5.41) is 8.83. The number of hydrogen-bond acceptors (Lipinski definition) is 2. The summed E-state index contributed by atoms with van der Waals surface area (Å²) in [5.74, 6) is -0.523. The fraction of sp³-hybridized carbons (Fsp3) is 0. The van der Waals surface area contributed by atoms with Gasteiger partial charge in [-0.15, -0.1) is 0 Å². The van der Waals surface area contributed by atoms with Crippen molar-refractivity contribution in [2.24, 2.45) is 0 Å². The number of halogens is 1. The molecule has 3 heteroatoms. The number of rotatable bonds is 4. The molecule has 0 saturated carbocycles. The normalized spacial score (nSPS) is 10.6. The highest BCUT2D eigenvalue weighted by Crippen LogP contribution is 2.18. The molecule has 3 aromatic carbocycles. The molecule has 0 saturated heterocycles. The summed E-state index contributed by atoms with van der Waals surface area (Å²) in [4.78, 5) is 12.7. The Morgan fingerprint density at radius 1 is 0.880 bits per heavy atom. The first-order valence-electron chi connectivity index (χ1n) is 7.75. The molecule has 25 heavy (non-hydrogen) atoms. The summed E-state index contributed by atoms with van der Waals surface area (Å²) in [6, 6.07) is 22.1. The molecule has 0 unspecified atom stereocenters. The fourth-order valence-corrected chi connectivity index (χ4v) is 2.46. The van der Waals surface area contributed by atoms with E-state index in [1.807, 2.05) is 36.4 Å². The van der Waals surface area contributed by atoms with Crippen LogP contribution in [0.5, 0.6) is 0 Å². The first-order chi connectivity index (χ1) is 12.2. The molecule has 0 amide bonds. The molecule has 0 bridgehead atoms. The third-order valence-electron chi connectivity index (χ3n) is 3.81. The van der Waals surface area contributed by atoms with E-state index in [-0.39, 0.29) is 11.6 Å². The summed E-state index contributed by atoms with van der Waals surface area (Å²) in [7, 11) is 0. The Kier molecular flexibility index (Phi) is 4.82. The molecule has 0 atom stereocenters. The first kappa shape index (κ1) is 16.4. The van der Waals surface area contributed by atoms with Gasteiger partial charge in [0.1, 0.15) is 5.82 Å². The van der Waals surface area contributed by atoms with Gasteiger partial charge in [-0.25, -0.2) is 4.39 Å². The Balaban J connectivity index is 1.90. The van der Waals surface area contributed by atoms with Crippen LogP contribution in [-0.2, 0) is 0 Å². The minimum Gasteiger partial charge on any atom is -0.289 e. The van der Waals surface area contributed by atoms with Gasteiger partial charge in [-0.2, -0.15) is 5.26 Å². The Morgan fingerprint density at radius 3 is 2.24 bits per heavy atom. The maximum atomic E-state index is 13.1. The van der Waals surface area contributed by atoms with E-state index >= 15 is 0 Å². The molecule has 0 N–H and O–H groups in total. The largest absolute Gasteiger partial charge is 0.289 e. The topological polar surface area (TPSA) is 40.9 Å². The molecule has 0 spiro atoms. The monoisotopic (exact) mass is 327 g/mol. The van der Waals surface area contributed by atoms with Crippen molar-refractivity contribution in [3.8, 4) is 6.07 Å². The average Bonchev–Trinajstić information content (AvgIpc) is 2.67. The zero-order valence-corrected chi connectivity index (χ0v) is 13.3. The quantitative estimate of drug-likeness (QED) is 0.494. The van der Waals surface area contributed by atoms with Crippen LogP contribution in [0.3, 0.4) is 0 Å². The lowest BCUT2D eigenvalue weighted by Crippen LogP contribution is -2.03. The summed E-state index contributed by atoms with van der Waals surface area (Å²) in [5.41, 5.74) is 3.31. The van der Waals surface area contributed by atoms with Crippen molar-refractivity contribution < 1.29 is 9.18 Å². The predicted octanol–water partition coefficient (Wildman–Crippen LogP) is 5.10. The number of nitriles is 1. The smallest absolute Gasteiger partial charge is 0.193 e. The van der Waals surface area contributed by atoms with Crippen LogP contribution in [0.25, 0.3) is 12.2 Å². The number of nitrogens with zero attached hydrogens (tertiary/aromatic N) is 1. The van der Waals surface area contributed by atoms with Gasteiger partial charge < -0.3 is 0 Å². The molecule has 0 fully saturated rings. The lowest BCUT2D eigenvalue weighted by atomic mass is 9.97. The third kappa shape index (κ3) is 3.88. The van der Waals surface area contributed by atoms with E-state index in [4.69, 9.17) is 5.26 Å². The van der Waals surface area contributed by atoms with Gasteiger partial charge in [-0.05, 0) is 47.5 Å². The molecule has 3 rings (SSSR count). The molecule has 0 aliphatic carbocycles. The number of ketones is 1. The second kappa shape index (κ2) is 7.37. The van der Waals surface area contributed by atoms with Crippen molar-refractivity contribution >= 4 is 17.9 Å². The fourth-order valence-electron chi connectivity index (χ4n) is 2.46. The van der Waals surface area contributed by atoms with Crippen LogP contribution < -0.4 is 0 Å². The van der Waals surface area contributed by atoms with Gasteiger partial charge in [0.2, 0.25) is 0 Å². The standard InChI is InChI=1S/C22H14FNO/c23-20-13-11-19(12-14-20)22(25)21-4-2-1-3-18(21)10-9-16-5-7-17(15-24)8-6-16/h1-14H/b10-9+.